The first kappa shape index (κ1) is 22.5. The third kappa shape index (κ3) is 16.3. The molecule has 0 heterocycles. The molecule has 0 aromatic carbocycles. The molecule has 0 aliphatic rings. The average molecular weight is 650 g/mol. The molecule has 0 radical (unpaired) electrons. The van der Waals surface area contributed by atoms with Crippen molar-refractivity contribution in [3.05, 3.63) is 0 Å². The maximum absolute atomic E-state index is 9.77. The first-order valence-electron chi connectivity index (χ1n) is 2.45. The zero-order valence-corrected chi connectivity index (χ0v) is 16.7. The summed E-state index contributed by atoms with van der Waals surface area (Å²) in [7, 11) is 0. The molecule has 0 unspecified atom stereocenters. The zero-order valence-electron chi connectivity index (χ0n) is 6.22. The Kier molecular flexibility index (Phi) is 13.9. The van der Waals surface area contributed by atoms with E-state index in [0.717, 1.165) is 0 Å². The van der Waals surface area contributed by atoms with Gasteiger partial charge in [0, 0.05) is 0 Å². The van der Waals surface area contributed by atoms with E-state index < -0.39 is 16.2 Å². The average Bonchev–Trinajstić information content (AvgIpc) is 1.83. The van der Waals surface area contributed by atoms with Gasteiger partial charge in [-0.1, -0.05) is 95.6 Å². The number of aliphatic carboxylic acids is 2. The second-order valence-electron chi connectivity index (χ2n) is 1.57. The van der Waals surface area contributed by atoms with Crippen LogP contribution >= 0.6 is 95.6 Å². The van der Waals surface area contributed by atoms with Crippen LogP contribution < -0.4 is 10.2 Å². The quantitative estimate of drug-likeness (QED) is 0.292. The fourth-order valence-electron chi connectivity index (χ4n) is 0. The summed E-state index contributed by atoms with van der Waals surface area (Å²) >= 11 is 16.3. The number of carboxylic acid groups (broad SMARTS) is 2. The normalized spacial score (nSPS) is 10.5. The number of carbonyl (C=O) groups excluding carboxylic acids is 2. The van der Waals surface area contributed by atoms with Gasteiger partial charge in [-0.25, -0.2) is 0 Å². The van der Waals surface area contributed by atoms with Gasteiger partial charge < -0.3 is 19.8 Å². The van der Waals surface area contributed by atoms with Crippen molar-refractivity contribution in [3.8, 4) is 0 Å². The third-order valence-electron chi connectivity index (χ3n) is 0.463. The van der Waals surface area contributed by atoms with Crippen LogP contribution in [-0.4, -0.2) is 16.2 Å². The summed E-state index contributed by atoms with van der Waals surface area (Å²) in [6.07, 6.45) is 0. The summed E-state index contributed by atoms with van der Waals surface area (Å²) in [4.78, 5) is 19.5. The molecule has 0 fully saturated rings. The molecule has 0 N–H and O–H groups in total. The van der Waals surface area contributed by atoms with Gasteiger partial charge in [0.05, 0.1) is 11.9 Å². The zero-order chi connectivity index (χ0) is 12.2. The number of alkyl halides is 6. The topological polar surface area (TPSA) is 80.3 Å². The summed E-state index contributed by atoms with van der Waals surface area (Å²) in [6, 6.07) is 0. The van der Waals surface area contributed by atoms with Gasteiger partial charge in [-0.2, -0.15) is 0 Å². The number of hydrogen-bond donors (Lipinski definition) is 0. The smallest absolute Gasteiger partial charge is 0.547 e. The van der Waals surface area contributed by atoms with Crippen LogP contribution in [0.1, 0.15) is 0 Å². The summed E-state index contributed by atoms with van der Waals surface area (Å²) in [5.74, 6) is -2.51. The summed E-state index contributed by atoms with van der Waals surface area (Å²) in [5, 5.41) is 19.5. The van der Waals surface area contributed by atoms with Crippen LogP contribution in [0.5, 0.6) is 0 Å². The van der Waals surface area contributed by atoms with Crippen molar-refractivity contribution < 1.29 is 36.3 Å². The first-order valence-corrected chi connectivity index (χ1v) is 7.21. The molecule has 0 amide bonds. The van der Waals surface area contributed by atoms with E-state index in [0.29, 0.717) is 0 Å². The Bertz CT molecular complexity index is 196. The number of carbonyl (C=O) groups is 2. The second-order valence-corrected chi connectivity index (χ2v) is 15.1. The van der Waals surface area contributed by atoms with E-state index in [2.05, 4.69) is 95.6 Å². The van der Waals surface area contributed by atoms with Crippen molar-refractivity contribution >= 4 is 108 Å². The van der Waals surface area contributed by atoms with E-state index in [4.69, 9.17) is 0 Å². The predicted molar refractivity (Wildman–Crippen MR) is 69.0 cm³/mol. The Morgan fingerprint density at radius 3 is 0.800 bits per heavy atom. The van der Waals surface area contributed by atoms with Crippen LogP contribution in [0.25, 0.3) is 0 Å². The summed E-state index contributed by atoms with van der Waals surface area (Å²) in [6.45, 7) is 0. The number of halogens is 6. The molecular weight excluding hydrogens is 650 g/mol. The van der Waals surface area contributed by atoms with Crippen LogP contribution in [0.3, 0.4) is 0 Å². The Morgan fingerprint density at radius 2 is 0.800 bits per heavy atom. The van der Waals surface area contributed by atoms with Gasteiger partial charge in [0.2, 0.25) is 0 Å². The minimum atomic E-state index is -1.26. The molecule has 4 nitrogen and oxygen atoms in total. The molecular formula is C4Br6NiO4. The summed E-state index contributed by atoms with van der Waals surface area (Å²) in [5.41, 5.74) is 0. The van der Waals surface area contributed by atoms with Gasteiger partial charge in [0.1, 0.15) is 0 Å². The van der Waals surface area contributed by atoms with Gasteiger partial charge in [-0.15, -0.1) is 0 Å². The van der Waals surface area contributed by atoms with Crippen molar-refractivity contribution in [2.24, 2.45) is 0 Å². The molecule has 0 bridgehead atoms. The van der Waals surface area contributed by atoms with Crippen molar-refractivity contribution in [3.63, 3.8) is 0 Å². The van der Waals surface area contributed by atoms with E-state index in [1.165, 1.54) is 0 Å². The van der Waals surface area contributed by atoms with Crippen molar-refractivity contribution in [1.82, 2.24) is 0 Å². The van der Waals surface area contributed by atoms with Crippen LogP contribution in [-0.2, 0) is 26.1 Å². The number of rotatable bonds is 0. The number of carboxylic acids is 2. The number of hydrogen-bond acceptors (Lipinski definition) is 4. The summed E-state index contributed by atoms with van der Waals surface area (Å²) < 4.78 is -2.51. The third-order valence-corrected chi connectivity index (χ3v) is 2.41. The van der Waals surface area contributed by atoms with Gasteiger partial charge in [0.25, 0.3) is 0 Å². The van der Waals surface area contributed by atoms with Crippen LogP contribution in [0.2, 0.25) is 0 Å². The monoisotopic (exact) mass is 643 g/mol. The fraction of sp³-hybridized carbons (Fsp3) is 0.500. The largest absolute Gasteiger partial charge is 2.00 e. The molecule has 0 rings (SSSR count). The van der Waals surface area contributed by atoms with E-state index in [-0.39, 0.29) is 16.5 Å². The van der Waals surface area contributed by atoms with Crippen molar-refractivity contribution in [2.75, 3.05) is 0 Å². The van der Waals surface area contributed by atoms with E-state index in [1.54, 1.807) is 0 Å². The molecule has 15 heavy (non-hydrogen) atoms. The Balaban J connectivity index is -0.000000180. The van der Waals surface area contributed by atoms with Gasteiger partial charge in [-0.05, 0) is 0 Å². The van der Waals surface area contributed by atoms with E-state index >= 15 is 0 Å². The SMILES string of the molecule is O=C([O-])C(Br)(Br)Br.O=C([O-])C(Br)(Br)Br.[Ni+2]. The van der Waals surface area contributed by atoms with Crippen LogP contribution in [0.15, 0.2) is 0 Å². The van der Waals surface area contributed by atoms with Crippen LogP contribution in [0.4, 0.5) is 0 Å². The van der Waals surface area contributed by atoms with Crippen molar-refractivity contribution in [2.45, 2.75) is 4.29 Å². The maximum atomic E-state index is 9.77. The molecule has 0 aromatic heterocycles. The molecule has 0 aromatic rings. The molecule has 11 heteroatoms. The van der Waals surface area contributed by atoms with Crippen LogP contribution in [0, 0.1) is 0 Å². The minimum Gasteiger partial charge on any atom is -0.547 e. The maximum Gasteiger partial charge on any atom is 2.00 e. The predicted octanol–water partition coefficient (Wildman–Crippen LogP) is 1.15. The van der Waals surface area contributed by atoms with Gasteiger partial charge >= 0.3 is 16.5 Å². The molecule has 0 aliphatic heterocycles. The van der Waals surface area contributed by atoms with Gasteiger partial charge in [-0.3, -0.25) is 0 Å². The molecule has 0 saturated heterocycles. The molecule has 92 valence electrons. The Labute approximate surface area is 146 Å². The molecule has 0 atom stereocenters. The Hall–Kier alpha value is 2.31. The molecule has 0 spiro atoms. The van der Waals surface area contributed by atoms with Gasteiger partial charge in [0.15, 0.2) is 4.29 Å². The van der Waals surface area contributed by atoms with E-state index in [1.807, 2.05) is 0 Å². The Morgan fingerprint density at radius 1 is 0.733 bits per heavy atom. The molecule has 0 saturated carbocycles. The minimum absolute atomic E-state index is 0. The molecule has 0 aliphatic carbocycles. The van der Waals surface area contributed by atoms with E-state index in [9.17, 15) is 19.8 Å². The first-order chi connectivity index (χ1) is 5.89. The standard InChI is InChI=1S/2C2HBr3O2.Ni/c2*3-2(4,5)1(6)7;/h2*(H,6,7);/q;;+2/p-2. The fourth-order valence-corrected chi connectivity index (χ4v) is 0. The van der Waals surface area contributed by atoms with Crippen molar-refractivity contribution in [1.29, 1.82) is 0 Å². The second kappa shape index (κ2) is 9.27.